The van der Waals surface area contributed by atoms with Crippen molar-refractivity contribution < 1.29 is 9.59 Å². The predicted molar refractivity (Wildman–Crippen MR) is 131 cm³/mol. The molecule has 0 atom stereocenters. The molecule has 1 saturated heterocycles. The lowest BCUT2D eigenvalue weighted by Gasteiger charge is -2.31. The molecule has 1 aliphatic rings. The van der Waals surface area contributed by atoms with Gasteiger partial charge in [0.15, 0.2) is 5.16 Å². The molecule has 0 aliphatic carbocycles. The maximum atomic E-state index is 12.8. The summed E-state index contributed by atoms with van der Waals surface area (Å²) in [5, 5.41) is 3.70. The van der Waals surface area contributed by atoms with E-state index in [2.05, 4.69) is 41.3 Å². The largest absolute Gasteiger partial charge is 0.342 e. The molecule has 0 bridgehead atoms. The third-order valence-electron chi connectivity index (χ3n) is 6.15. The SMILES string of the molecule is Cc1ccnc(NC(=O)C2CCN(C(=O)CSc3nccn3-c3cccc(C)c3C)CC2)c1. The number of hydrogen-bond donors (Lipinski definition) is 1. The lowest BCUT2D eigenvalue weighted by atomic mass is 9.96. The molecule has 4 rings (SSSR count). The van der Waals surface area contributed by atoms with Crippen LogP contribution in [-0.4, -0.2) is 50.1 Å². The van der Waals surface area contributed by atoms with Crippen LogP contribution in [0.5, 0.6) is 0 Å². The smallest absolute Gasteiger partial charge is 0.233 e. The average Bonchev–Trinajstić information content (AvgIpc) is 3.28. The highest BCUT2D eigenvalue weighted by Gasteiger charge is 2.27. The molecule has 2 aromatic heterocycles. The van der Waals surface area contributed by atoms with Gasteiger partial charge in [-0.25, -0.2) is 9.97 Å². The van der Waals surface area contributed by atoms with Crippen LogP contribution >= 0.6 is 11.8 Å². The van der Waals surface area contributed by atoms with E-state index in [1.807, 2.05) is 40.8 Å². The zero-order valence-electron chi connectivity index (χ0n) is 19.2. The van der Waals surface area contributed by atoms with Gasteiger partial charge >= 0.3 is 0 Å². The fourth-order valence-electron chi connectivity index (χ4n) is 4.02. The van der Waals surface area contributed by atoms with E-state index < -0.39 is 0 Å². The van der Waals surface area contributed by atoms with Gasteiger partial charge in [-0.2, -0.15) is 0 Å². The Kier molecular flexibility index (Phi) is 7.13. The molecule has 3 aromatic rings. The molecule has 7 nitrogen and oxygen atoms in total. The highest BCUT2D eigenvalue weighted by atomic mass is 32.2. The lowest BCUT2D eigenvalue weighted by molar-refractivity contribution is -0.132. The summed E-state index contributed by atoms with van der Waals surface area (Å²) in [5.74, 6) is 0.854. The van der Waals surface area contributed by atoms with Crippen LogP contribution in [0.1, 0.15) is 29.5 Å². The number of likely N-dealkylation sites (tertiary alicyclic amines) is 1. The number of piperidine rings is 1. The fourth-order valence-corrected chi connectivity index (χ4v) is 4.89. The van der Waals surface area contributed by atoms with Crippen molar-refractivity contribution >= 4 is 29.4 Å². The Morgan fingerprint density at radius 2 is 1.88 bits per heavy atom. The standard InChI is InChI=1S/C25H29N5O2S/c1-17-7-10-26-22(15-17)28-24(32)20-8-12-29(13-9-20)23(31)16-33-25-27-11-14-30(25)21-6-4-5-18(2)19(21)3/h4-7,10-11,14-15,20H,8-9,12-13,16H2,1-3H3,(H,26,28,32). The highest BCUT2D eigenvalue weighted by Crippen LogP contribution is 2.25. The van der Waals surface area contributed by atoms with Crippen molar-refractivity contribution in [3.05, 3.63) is 65.6 Å². The van der Waals surface area contributed by atoms with Crippen molar-refractivity contribution in [1.29, 1.82) is 0 Å². The molecule has 8 heteroatoms. The van der Waals surface area contributed by atoms with E-state index in [4.69, 9.17) is 0 Å². The maximum absolute atomic E-state index is 12.8. The van der Waals surface area contributed by atoms with Gasteiger partial charge in [0.05, 0.1) is 11.4 Å². The first-order valence-electron chi connectivity index (χ1n) is 11.2. The Labute approximate surface area is 198 Å². The summed E-state index contributed by atoms with van der Waals surface area (Å²) in [5.41, 5.74) is 4.55. The number of rotatable bonds is 6. The van der Waals surface area contributed by atoms with Crippen molar-refractivity contribution in [3.63, 3.8) is 0 Å². The van der Waals surface area contributed by atoms with Gasteiger partial charge in [-0.15, -0.1) is 0 Å². The summed E-state index contributed by atoms with van der Waals surface area (Å²) in [6.07, 6.45) is 6.70. The van der Waals surface area contributed by atoms with Crippen LogP contribution in [0, 0.1) is 26.7 Å². The van der Waals surface area contributed by atoms with Crippen LogP contribution < -0.4 is 5.32 Å². The molecule has 0 radical (unpaired) electrons. The molecule has 33 heavy (non-hydrogen) atoms. The minimum atomic E-state index is -0.104. The number of aromatic nitrogens is 3. The molecule has 0 unspecified atom stereocenters. The van der Waals surface area contributed by atoms with Gasteiger partial charge in [0.25, 0.3) is 0 Å². The Morgan fingerprint density at radius 3 is 2.64 bits per heavy atom. The first-order valence-corrected chi connectivity index (χ1v) is 12.1. The number of aryl methyl sites for hydroxylation is 2. The van der Waals surface area contributed by atoms with Crippen molar-refractivity contribution in [2.24, 2.45) is 5.92 Å². The first kappa shape index (κ1) is 23.0. The minimum absolute atomic E-state index is 0.0230. The third kappa shape index (κ3) is 5.45. The second-order valence-corrected chi connectivity index (χ2v) is 9.39. The summed E-state index contributed by atoms with van der Waals surface area (Å²) in [6.45, 7) is 7.33. The van der Waals surface area contributed by atoms with Gasteiger partial charge in [-0.05, 0) is 68.5 Å². The number of carbonyl (C=O) groups excluding carboxylic acids is 2. The number of thioether (sulfide) groups is 1. The summed E-state index contributed by atoms with van der Waals surface area (Å²) in [6, 6.07) is 9.94. The minimum Gasteiger partial charge on any atom is -0.342 e. The number of pyridine rings is 1. The molecular weight excluding hydrogens is 434 g/mol. The summed E-state index contributed by atoms with van der Waals surface area (Å²) < 4.78 is 2.04. The Morgan fingerprint density at radius 1 is 1.09 bits per heavy atom. The van der Waals surface area contributed by atoms with Crippen LogP contribution in [0.15, 0.2) is 54.1 Å². The van der Waals surface area contributed by atoms with Gasteiger partial charge < -0.3 is 10.2 Å². The molecule has 172 valence electrons. The number of amides is 2. The Balaban J connectivity index is 1.29. The Hall–Kier alpha value is -3.13. The first-order chi connectivity index (χ1) is 15.9. The number of nitrogens with zero attached hydrogens (tertiary/aromatic N) is 4. The Bertz CT molecular complexity index is 1150. The van der Waals surface area contributed by atoms with Crippen molar-refractivity contribution in [1.82, 2.24) is 19.4 Å². The van der Waals surface area contributed by atoms with Crippen LogP contribution in [0.4, 0.5) is 5.82 Å². The molecular formula is C25H29N5O2S. The maximum Gasteiger partial charge on any atom is 0.233 e. The van der Waals surface area contributed by atoms with E-state index in [1.165, 1.54) is 22.9 Å². The number of imidazole rings is 1. The summed E-state index contributed by atoms with van der Waals surface area (Å²) >= 11 is 1.45. The van der Waals surface area contributed by atoms with Crippen molar-refractivity contribution in [3.8, 4) is 5.69 Å². The van der Waals surface area contributed by atoms with Gasteiger partial charge in [0, 0.05) is 37.6 Å². The van der Waals surface area contributed by atoms with Crippen molar-refractivity contribution in [2.75, 3.05) is 24.2 Å². The number of carbonyl (C=O) groups is 2. The number of anilines is 1. The molecule has 1 N–H and O–H groups in total. The van der Waals surface area contributed by atoms with E-state index >= 15 is 0 Å². The molecule has 0 spiro atoms. The molecule has 0 saturated carbocycles. The van der Waals surface area contributed by atoms with E-state index in [0.717, 1.165) is 16.4 Å². The topological polar surface area (TPSA) is 80.1 Å². The monoisotopic (exact) mass is 463 g/mol. The van der Waals surface area contributed by atoms with E-state index in [1.54, 1.807) is 12.4 Å². The average molecular weight is 464 g/mol. The van der Waals surface area contributed by atoms with E-state index in [9.17, 15) is 9.59 Å². The van der Waals surface area contributed by atoms with Gasteiger partial charge in [-0.3, -0.25) is 14.2 Å². The number of hydrogen-bond acceptors (Lipinski definition) is 5. The second kappa shape index (κ2) is 10.2. The van der Waals surface area contributed by atoms with Gasteiger partial charge in [-0.1, -0.05) is 23.9 Å². The van der Waals surface area contributed by atoms with Crippen molar-refractivity contribution in [2.45, 2.75) is 38.8 Å². The molecule has 2 amide bonds. The fraction of sp³-hybridized carbons (Fsp3) is 0.360. The van der Waals surface area contributed by atoms with E-state index in [-0.39, 0.29) is 17.7 Å². The van der Waals surface area contributed by atoms with E-state index in [0.29, 0.717) is 37.5 Å². The predicted octanol–water partition coefficient (Wildman–Crippen LogP) is 4.16. The molecule has 1 fully saturated rings. The highest BCUT2D eigenvalue weighted by molar-refractivity contribution is 7.99. The third-order valence-corrected chi connectivity index (χ3v) is 7.10. The number of benzene rings is 1. The van der Waals surface area contributed by atoms with Crippen LogP contribution in [-0.2, 0) is 9.59 Å². The lowest BCUT2D eigenvalue weighted by Crippen LogP contribution is -2.42. The normalized spacial score (nSPS) is 14.3. The summed E-state index contributed by atoms with van der Waals surface area (Å²) in [7, 11) is 0. The zero-order valence-corrected chi connectivity index (χ0v) is 20.1. The molecule has 1 aromatic carbocycles. The quantitative estimate of drug-likeness (QED) is 0.555. The van der Waals surface area contributed by atoms with Crippen LogP contribution in [0.25, 0.3) is 5.69 Å². The summed E-state index contributed by atoms with van der Waals surface area (Å²) in [4.78, 5) is 35.9. The number of nitrogens with one attached hydrogen (secondary N) is 1. The van der Waals surface area contributed by atoms with Gasteiger partial charge in [0.1, 0.15) is 5.82 Å². The molecule has 3 heterocycles. The van der Waals surface area contributed by atoms with Crippen LogP contribution in [0.3, 0.4) is 0 Å². The zero-order chi connectivity index (χ0) is 23.4. The van der Waals surface area contributed by atoms with Crippen LogP contribution in [0.2, 0.25) is 0 Å². The molecule has 1 aliphatic heterocycles. The second-order valence-electron chi connectivity index (χ2n) is 8.45. The van der Waals surface area contributed by atoms with Gasteiger partial charge in [0.2, 0.25) is 11.8 Å².